The first-order valence-electron chi connectivity index (χ1n) is 6.89. The molecule has 2 atom stereocenters. The maximum absolute atomic E-state index is 13.1. The number of fused-ring (bicyclic) bond motifs is 3. The third-order valence-electron chi connectivity index (χ3n) is 4.05. The van der Waals surface area contributed by atoms with Gasteiger partial charge in [0.15, 0.2) is 5.76 Å². The first-order chi connectivity index (χ1) is 10.7. The monoisotopic (exact) mass is 326 g/mol. The highest BCUT2D eigenvalue weighted by atomic mass is 19.4. The minimum atomic E-state index is -4.87. The number of hydrogen-bond acceptors (Lipinski definition) is 5. The van der Waals surface area contributed by atoms with Gasteiger partial charge >= 0.3 is 6.18 Å². The molecule has 0 saturated heterocycles. The summed E-state index contributed by atoms with van der Waals surface area (Å²) in [4.78, 5) is 0. The van der Waals surface area contributed by atoms with E-state index in [4.69, 9.17) is 9.78 Å². The van der Waals surface area contributed by atoms with Crippen LogP contribution in [-0.4, -0.2) is 26.2 Å². The van der Waals surface area contributed by atoms with Gasteiger partial charge in [-0.2, -0.15) is 23.5 Å². The Morgan fingerprint density at radius 1 is 1.52 bits per heavy atom. The molecule has 0 saturated carbocycles. The van der Waals surface area contributed by atoms with Crippen molar-refractivity contribution in [3.05, 3.63) is 23.1 Å². The molecule has 0 unspecified atom stereocenters. The van der Waals surface area contributed by atoms with Crippen LogP contribution in [0.5, 0.6) is 0 Å². The fourth-order valence-electron chi connectivity index (χ4n) is 2.78. The molecule has 0 radical (unpaired) electrons. The van der Waals surface area contributed by atoms with Crippen molar-refractivity contribution in [2.45, 2.75) is 44.5 Å². The summed E-state index contributed by atoms with van der Waals surface area (Å²) in [5, 5.41) is 26.4. The third-order valence-corrected chi connectivity index (χ3v) is 4.05. The molecule has 6 nitrogen and oxygen atoms in total. The number of aromatic nitrogens is 3. The van der Waals surface area contributed by atoms with Gasteiger partial charge in [0, 0.05) is 11.8 Å². The Morgan fingerprint density at radius 2 is 2.22 bits per heavy atom. The predicted octanol–water partition coefficient (Wildman–Crippen LogP) is 2.49. The summed E-state index contributed by atoms with van der Waals surface area (Å²) in [6, 6.07) is 1.94. The van der Waals surface area contributed by atoms with Crippen molar-refractivity contribution in [2.24, 2.45) is 0 Å². The van der Waals surface area contributed by atoms with Crippen molar-refractivity contribution in [2.75, 3.05) is 0 Å². The highest BCUT2D eigenvalue weighted by Crippen LogP contribution is 2.47. The van der Waals surface area contributed by atoms with E-state index in [0.29, 0.717) is 24.6 Å². The Labute approximate surface area is 129 Å². The molecule has 0 aliphatic heterocycles. The fourth-order valence-corrected chi connectivity index (χ4v) is 2.78. The van der Waals surface area contributed by atoms with Gasteiger partial charge in [-0.3, -0.25) is 4.68 Å². The lowest BCUT2D eigenvalue weighted by Gasteiger charge is -2.27. The van der Waals surface area contributed by atoms with E-state index in [-0.39, 0.29) is 23.8 Å². The van der Waals surface area contributed by atoms with Crippen LogP contribution in [-0.2, 0) is 18.6 Å². The first-order valence-corrected chi connectivity index (χ1v) is 6.89. The quantitative estimate of drug-likeness (QED) is 0.916. The SMILES string of the molecule is C[C@H]1Cc2nn(CC#N)cc2-c2onc([C@@](C)(O)C(F)(F)F)c21. The summed E-state index contributed by atoms with van der Waals surface area (Å²) < 4.78 is 45.8. The Bertz CT molecular complexity index is 798. The molecule has 0 fully saturated rings. The number of rotatable bonds is 2. The van der Waals surface area contributed by atoms with Crippen LogP contribution in [0.4, 0.5) is 13.2 Å². The van der Waals surface area contributed by atoms with Gasteiger partial charge in [-0.05, 0) is 19.3 Å². The van der Waals surface area contributed by atoms with Crippen LogP contribution in [0.25, 0.3) is 11.3 Å². The van der Waals surface area contributed by atoms with Crippen molar-refractivity contribution in [1.82, 2.24) is 14.9 Å². The van der Waals surface area contributed by atoms with Crippen LogP contribution in [0.1, 0.15) is 36.7 Å². The Kier molecular flexibility index (Phi) is 3.26. The Balaban J connectivity index is 2.15. The summed E-state index contributed by atoms with van der Waals surface area (Å²) in [5.74, 6) is -0.180. The fraction of sp³-hybridized carbons (Fsp3) is 0.500. The normalized spacial score (nSPS) is 19.6. The number of halogens is 3. The zero-order chi connectivity index (χ0) is 17.0. The smallest absolute Gasteiger partial charge is 0.375 e. The number of nitriles is 1. The summed E-state index contributed by atoms with van der Waals surface area (Å²) in [6.45, 7) is 2.41. The number of hydrogen-bond donors (Lipinski definition) is 1. The minimum absolute atomic E-state index is 0.0258. The van der Waals surface area contributed by atoms with Gasteiger partial charge in [0.2, 0.25) is 5.60 Å². The molecule has 2 heterocycles. The zero-order valence-electron chi connectivity index (χ0n) is 12.3. The lowest BCUT2D eigenvalue weighted by atomic mass is 9.82. The molecule has 9 heteroatoms. The zero-order valence-corrected chi connectivity index (χ0v) is 12.3. The van der Waals surface area contributed by atoms with E-state index < -0.39 is 17.5 Å². The van der Waals surface area contributed by atoms with E-state index in [2.05, 4.69) is 10.3 Å². The van der Waals surface area contributed by atoms with E-state index in [9.17, 15) is 18.3 Å². The number of aliphatic hydroxyl groups is 1. The van der Waals surface area contributed by atoms with Crippen LogP contribution < -0.4 is 0 Å². The average Bonchev–Trinajstić information content (AvgIpc) is 3.01. The van der Waals surface area contributed by atoms with Gasteiger partial charge in [-0.1, -0.05) is 12.1 Å². The molecule has 1 aliphatic rings. The van der Waals surface area contributed by atoms with E-state index in [0.717, 1.165) is 0 Å². The molecule has 23 heavy (non-hydrogen) atoms. The van der Waals surface area contributed by atoms with Crippen molar-refractivity contribution < 1.29 is 22.8 Å². The standard InChI is InChI=1S/C14H13F3N4O2/c1-7-5-9-8(6-21(19-9)4-3-18)11-10(7)12(20-23-11)13(2,22)14(15,16)17/h6-7,22H,4-5H2,1-2H3/t7-,13+/m0/s1. The van der Waals surface area contributed by atoms with Gasteiger partial charge in [0.05, 0.1) is 17.3 Å². The van der Waals surface area contributed by atoms with Crippen molar-refractivity contribution in [3.8, 4) is 17.4 Å². The molecule has 1 aliphatic carbocycles. The van der Waals surface area contributed by atoms with E-state index in [1.54, 1.807) is 13.1 Å². The van der Waals surface area contributed by atoms with Gasteiger partial charge < -0.3 is 9.63 Å². The minimum Gasteiger partial charge on any atom is -0.375 e. The van der Waals surface area contributed by atoms with Gasteiger partial charge in [-0.15, -0.1) is 0 Å². The largest absolute Gasteiger partial charge is 0.422 e. The Morgan fingerprint density at radius 3 is 2.83 bits per heavy atom. The summed E-state index contributed by atoms with van der Waals surface area (Å²) in [5.41, 5.74) is -2.25. The van der Waals surface area contributed by atoms with Gasteiger partial charge in [0.25, 0.3) is 0 Å². The van der Waals surface area contributed by atoms with Crippen LogP contribution in [0.3, 0.4) is 0 Å². The molecule has 2 aromatic heterocycles. The third kappa shape index (κ3) is 2.21. The average molecular weight is 326 g/mol. The van der Waals surface area contributed by atoms with Crippen molar-refractivity contribution >= 4 is 0 Å². The topological polar surface area (TPSA) is 87.9 Å². The second kappa shape index (κ2) is 4.83. The molecular formula is C14H13F3N4O2. The second-order valence-corrected chi connectivity index (χ2v) is 5.79. The molecule has 1 N–H and O–H groups in total. The number of alkyl halides is 3. The first kappa shape index (κ1) is 15.6. The van der Waals surface area contributed by atoms with Crippen LogP contribution in [0.15, 0.2) is 10.7 Å². The van der Waals surface area contributed by atoms with Crippen molar-refractivity contribution in [1.29, 1.82) is 5.26 Å². The maximum Gasteiger partial charge on any atom is 0.422 e. The lowest BCUT2D eigenvalue weighted by Crippen LogP contribution is -2.40. The molecule has 0 amide bonds. The molecule has 0 bridgehead atoms. The summed E-state index contributed by atoms with van der Waals surface area (Å²) in [6.07, 6.45) is -2.95. The number of nitrogens with zero attached hydrogens (tertiary/aromatic N) is 4. The second-order valence-electron chi connectivity index (χ2n) is 5.79. The van der Waals surface area contributed by atoms with Crippen molar-refractivity contribution in [3.63, 3.8) is 0 Å². The predicted molar refractivity (Wildman–Crippen MR) is 71.1 cm³/mol. The maximum atomic E-state index is 13.1. The van der Waals surface area contributed by atoms with Crippen LogP contribution in [0.2, 0.25) is 0 Å². The Hall–Kier alpha value is -2.34. The molecule has 0 spiro atoms. The highest BCUT2D eigenvalue weighted by Gasteiger charge is 2.55. The van der Waals surface area contributed by atoms with Crippen LogP contribution >= 0.6 is 0 Å². The molecule has 3 rings (SSSR count). The van der Waals surface area contributed by atoms with Gasteiger partial charge in [0.1, 0.15) is 12.2 Å². The summed E-state index contributed by atoms with van der Waals surface area (Å²) >= 11 is 0. The molecule has 2 aromatic rings. The molecule has 0 aromatic carbocycles. The highest BCUT2D eigenvalue weighted by molar-refractivity contribution is 5.68. The summed E-state index contributed by atoms with van der Waals surface area (Å²) in [7, 11) is 0. The molecule has 122 valence electrons. The van der Waals surface area contributed by atoms with Gasteiger partial charge in [-0.25, -0.2) is 0 Å². The van der Waals surface area contributed by atoms with E-state index in [1.165, 1.54) is 4.68 Å². The van der Waals surface area contributed by atoms with Crippen LogP contribution in [0, 0.1) is 11.3 Å². The van der Waals surface area contributed by atoms with E-state index >= 15 is 0 Å². The van der Waals surface area contributed by atoms with E-state index in [1.807, 2.05) is 6.07 Å². The lowest BCUT2D eigenvalue weighted by molar-refractivity contribution is -0.261. The molecular weight excluding hydrogens is 313 g/mol.